The molecule has 8 heteroatoms. The molecule has 2 saturated carbocycles. The Morgan fingerprint density at radius 2 is 1.78 bits per heavy atom. The van der Waals surface area contributed by atoms with Gasteiger partial charge in [0.15, 0.2) is 5.82 Å². The molecule has 0 bridgehead atoms. The number of ether oxygens (including phenoxy) is 1. The van der Waals surface area contributed by atoms with Crippen LogP contribution in [-0.2, 0) is 6.54 Å². The van der Waals surface area contributed by atoms with Crippen LogP contribution >= 0.6 is 0 Å². The number of fused-ring (bicyclic) bond motifs is 1. The van der Waals surface area contributed by atoms with Crippen molar-refractivity contribution in [1.82, 2.24) is 30.1 Å². The van der Waals surface area contributed by atoms with Gasteiger partial charge in [-0.3, -0.25) is 9.69 Å². The Kier molecular flexibility index (Phi) is 7.70. The molecule has 1 N–H and O–H groups in total. The molecule has 0 amide bonds. The summed E-state index contributed by atoms with van der Waals surface area (Å²) in [6, 6.07) is 8.64. The number of methoxy groups -OCH3 is 1. The van der Waals surface area contributed by atoms with E-state index in [0.717, 1.165) is 53.7 Å². The summed E-state index contributed by atoms with van der Waals surface area (Å²) in [6.45, 7) is 5.10. The Bertz CT molecular complexity index is 1210. The van der Waals surface area contributed by atoms with Crippen LogP contribution in [0, 0.1) is 5.92 Å². The smallest absolute Gasteiger partial charge is 0.252 e. The Labute approximate surface area is 213 Å². The fraction of sp³-hybridized carbons (Fsp3) is 0.643. The molecular formula is C28H40N6O2. The minimum Gasteiger partial charge on any atom is -0.497 e. The molecule has 1 atom stereocenters. The highest BCUT2D eigenvalue weighted by atomic mass is 16.5. The predicted octanol–water partition coefficient (Wildman–Crippen LogP) is 5.56. The van der Waals surface area contributed by atoms with Crippen molar-refractivity contribution in [2.45, 2.75) is 103 Å². The summed E-state index contributed by atoms with van der Waals surface area (Å²) in [4.78, 5) is 18.9. The first-order chi connectivity index (χ1) is 17.5. The second kappa shape index (κ2) is 11.1. The number of rotatable bonds is 8. The second-order valence-corrected chi connectivity index (χ2v) is 11.0. The van der Waals surface area contributed by atoms with E-state index in [-0.39, 0.29) is 11.6 Å². The normalized spacial score (nSPS) is 18.8. The molecule has 2 heterocycles. The average molecular weight is 493 g/mol. The number of nitrogens with one attached hydrogen (secondary N) is 1. The molecule has 2 fully saturated rings. The van der Waals surface area contributed by atoms with Crippen molar-refractivity contribution >= 4 is 10.9 Å². The molecule has 0 saturated heterocycles. The van der Waals surface area contributed by atoms with E-state index >= 15 is 0 Å². The standard InChI is InChI=1S/C28H40N6O2/c1-19(2)26(27-30-31-32-34(27)23-12-8-5-9-13-23)33(22-10-6-4-7-11-22)18-21-16-20-17-24(36-3)14-15-25(20)29-28(21)35/h14-17,19,22-23,26H,4-13,18H2,1-3H3,(H,29,35)/t26-/m0/s1. The van der Waals surface area contributed by atoms with Crippen molar-refractivity contribution < 1.29 is 4.74 Å². The van der Waals surface area contributed by atoms with Gasteiger partial charge in [0.2, 0.25) is 0 Å². The maximum atomic E-state index is 13.2. The number of aromatic nitrogens is 5. The Hall–Kier alpha value is -2.74. The number of tetrazole rings is 1. The maximum absolute atomic E-state index is 13.2. The monoisotopic (exact) mass is 492 g/mol. The van der Waals surface area contributed by atoms with E-state index in [2.05, 4.69) is 43.9 Å². The number of hydrogen-bond donors (Lipinski definition) is 1. The van der Waals surface area contributed by atoms with Gasteiger partial charge in [0.25, 0.3) is 5.56 Å². The van der Waals surface area contributed by atoms with Gasteiger partial charge >= 0.3 is 0 Å². The summed E-state index contributed by atoms with van der Waals surface area (Å²) in [7, 11) is 1.67. The highest BCUT2D eigenvalue weighted by Gasteiger charge is 2.36. The molecule has 0 spiro atoms. The minimum atomic E-state index is -0.0251. The van der Waals surface area contributed by atoms with Gasteiger partial charge in [-0.2, -0.15) is 0 Å². The van der Waals surface area contributed by atoms with Crippen molar-refractivity contribution in [2.24, 2.45) is 5.92 Å². The lowest BCUT2D eigenvalue weighted by atomic mass is 9.89. The number of hydrogen-bond acceptors (Lipinski definition) is 6. The zero-order valence-electron chi connectivity index (χ0n) is 21.9. The second-order valence-electron chi connectivity index (χ2n) is 11.0. The van der Waals surface area contributed by atoms with Crippen LogP contribution < -0.4 is 10.3 Å². The summed E-state index contributed by atoms with van der Waals surface area (Å²) < 4.78 is 7.55. The number of benzene rings is 1. The van der Waals surface area contributed by atoms with Crippen LogP contribution in [0.4, 0.5) is 0 Å². The molecule has 3 aromatic rings. The van der Waals surface area contributed by atoms with Crippen LogP contribution in [-0.4, -0.2) is 43.2 Å². The summed E-state index contributed by atoms with van der Waals surface area (Å²) in [5, 5.41) is 14.3. The van der Waals surface area contributed by atoms with E-state index in [1.54, 1.807) is 7.11 Å². The highest BCUT2D eigenvalue weighted by molar-refractivity contribution is 5.80. The van der Waals surface area contributed by atoms with Gasteiger partial charge in [-0.15, -0.1) is 5.10 Å². The number of H-pyrrole nitrogens is 1. The first-order valence-electron chi connectivity index (χ1n) is 13.8. The summed E-state index contributed by atoms with van der Waals surface area (Å²) in [5.74, 6) is 2.05. The van der Waals surface area contributed by atoms with E-state index in [4.69, 9.17) is 4.74 Å². The lowest BCUT2D eigenvalue weighted by molar-refractivity contribution is 0.0590. The van der Waals surface area contributed by atoms with Crippen LogP contribution in [0.5, 0.6) is 5.75 Å². The zero-order chi connectivity index (χ0) is 25.1. The van der Waals surface area contributed by atoms with E-state index in [1.807, 2.05) is 24.3 Å². The van der Waals surface area contributed by atoms with Crippen LogP contribution in [0.15, 0.2) is 29.1 Å². The molecule has 2 aliphatic carbocycles. The topological polar surface area (TPSA) is 88.9 Å². The summed E-state index contributed by atoms with van der Waals surface area (Å²) in [6.07, 6.45) is 12.1. The maximum Gasteiger partial charge on any atom is 0.252 e. The van der Waals surface area contributed by atoms with Crippen LogP contribution in [0.3, 0.4) is 0 Å². The first kappa shape index (κ1) is 24.9. The molecule has 1 aromatic carbocycles. The van der Waals surface area contributed by atoms with Gasteiger partial charge in [0, 0.05) is 29.1 Å². The van der Waals surface area contributed by atoms with E-state index in [0.29, 0.717) is 24.5 Å². The van der Waals surface area contributed by atoms with E-state index in [1.165, 1.54) is 38.5 Å². The van der Waals surface area contributed by atoms with E-state index in [9.17, 15) is 4.79 Å². The fourth-order valence-electron chi connectivity index (χ4n) is 6.35. The van der Waals surface area contributed by atoms with Gasteiger partial charge in [-0.05, 0) is 66.3 Å². The fourth-order valence-corrected chi connectivity index (χ4v) is 6.35. The van der Waals surface area contributed by atoms with Crippen molar-refractivity contribution in [3.8, 4) is 5.75 Å². The Morgan fingerprint density at radius 3 is 2.47 bits per heavy atom. The van der Waals surface area contributed by atoms with Gasteiger partial charge in [0.05, 0.1) is 19.2 Å². The molecule has 0 unspecified atom stereocenters. The lowest BCUT2D eigenvalue weighted by Gasteiger charge is -2.41. The third-order valence-electron chi connectivity index (χ3n) is 8.22. The average Bonchev–Trinajstić information content (AvgIpc) is 3.38. The molecule has 5 rings (SSSR count). The van der Waals surface area contributed by atoms with Gasteiger partial charge in [-0.25, -0.2) is 4.68 Å². The number of nitrogens with zero attached hydrogens (tertiary/aromatic N) is 5. The summed E-state index contributed by atoms with van der Waals surface area (Å²) >= 11 is 0. The molecule has 194 valence electrons. The number of pyridine rings is 1. The van der Waals surface area contributed by atoms with Crippen molar-refractivity contribution in [2.75, 3.05) is 7.11 Å². The third-order valence-corrected chi connectivity index (χ3v) is 8.22. The van der Waals surface area contributed by atoms with Crippen LogP contribution in [0.2, 0.25) is 0 Å². The first-order valence-corrected chi connectivity index (χ1v) is 13.8. The zero-order valence-corrected chi connectivity index (χ0v) is 21.9. The lowest BCUT2D eigenvalue weighted by Crippen LogP contribution is -2.43. The molecule has 36 heavy (non-hydrogen) atoms. The van der Waals surface area contributed by atoms with Gasteiger partial charge in [-0.1, -0.05) is 52.4 Å². The van der Waals surface area contributed by atoms with E-state index < -0.39 is 0 Å². The van der Waals surface area contributed by atoms with Crippen molar-refractivity contribution in [1.29, 1.82) is 0 Å². The highest BCUT2D eigenvalue weighted by Crippen LogP contribution is 2.37. The largest absolute Gasteiger partial charge is 0.497 e. The van der Waals surface area contributed by atoms with Crippen molar-refractivity contribution in [3.63, 3.8) is 0 Å². The molecule has 0 radical (unpaired) electrons. The van der Waals surface area contributed by atoms with Crippen LogP contribution in [0.25, 0.3) is 10.9 Å². The minimum absolute atomic E-state index is 0.0251. The Morgan fingerprint density at radius 1 is 1.06 bits per heavy atom. The Balaban J connectivity index is 1.54. The molecule has 8 nitrogen and oxygen atoms in total. The predicted molar refractivity (Wildman–Crippen MR) is 141 cm³/mol. The molecule has 0 aliphatic heterocycles. The third kappa shape index (κ3) is 5.19. The quantitative estimate of drug-likeness (QED) is 0.443. The SMILES string of the molecule is COc1ccc2[nH]c(=O)c(CN(C3CCCCC3)[C@H](c3nnnn3C3CCCCC3)C(C)C)cc2c1. The van der Waals surface area contributed by atoms with Gasteiger partial charge < -0.3 is 9.72 Å². The van der Waals surface area contributed by atoms with Crippen LogP contribution in [0.1, 0.15) is 102 Å². The summed E-state index contributed by atoms with van der Waals surface area (Å²) in [5.41, 5.74) is 1.59. The van der Waals surface area contributed by atoms with Gasteiger partial charge in [0.1, 0.15) is 5.75 Å². The number of aromatic amines is 1. The molecule has 2 aromatic heterocycles. The molecule has 2 aliphatic rings. The molecular weight excluding hydrogens is 452 g/mol. The van der Waals surface area contributed by atoms with Crippen molar-refractivity contribution in [3.05, 3.63) is 46.0 Å².